The van der Waals surface area contributed by atoms with Gasteiger partial charge >= 0.3 is 6.18 Å². The molecule has 8 nitrogen and oxygen atoms in total. The number of ether oxygens (including phenoxy) is 1. The van der Waals surface area contributed by atoms with Crippen LogP contribution in [0.5, 0.6) is 5.75 Å². The zero-order valence-corrected chi connectivity index (χ0v) is 21.1. The summed E-state index contributed by atoms with van der Waals surface area (Å²) in [5.41, 5.74) is 4.76. The third-order valence-corrected chi connectivity index (χ3v) is 5.65. The Morgan fingerprint density at radius 3 is 2.42 bits per heavy atom. The zero-order valence-electron chi connectivity index (χ0n) is 21.1. The number of nitrogens with two attached hydrogens (primary N) is 1. The summed E-state index contributed by atoms with van der Waals surface area (Å²) in [6.45, 7) is 7.07. The molecule has 0 atom stereocenters. The summed E-state index contributed by atoms with van der Waals surface area (Å²) in [5.74, 6) is -0.736. The Balaban J connectivity index is 1.61. The van der Waals surface area contributed by atoms with E-state index in [-0.39, 0.29) is 35.6 Å². The molecule has 0 spiro atoms. The highest BCUT2D eigenvalue weighted by molar-refractivity contribution is 6.13. The molecule has 2 amide bonds. The van der Waals surface area contributed by atoms with Gasteiger partial charge in [-0.1, -0.05) is 18.7 Å². The van der Waals surface area contributed by atoms with E-state index in [4.69, 9.17) is 10.5 Å². The summed E-state index contributed by atoms with van der Waals surface area (Å²) in [5, 5.41) is 8.28. The normalized spacial score (nSPS) is 14.7. The second kappa shape index (κ2) is 11.8. The Hall–Kier alpha value is -4.28. The molecule has 1 aliphatic rings. The predicted molar refractivity (Wildman–Crippen MR) is 140 cm³/mol. The van der Waals surface area contributed by atoms with Gasteiger partial charge in [-0.2, -0.15) is 13.2 Å². The number of anilines is 2. The molecule has 1 saturated carbocycles. The highest BCUT2D eigenvalue weighted by atomic mass is 19.4. The number of rotatable bonds is 11. The van der Waals surface area contributed by atoms with Crippen LogP contribution < -0.4 is 26.4 Å². The van der Waals surface area contributed by atoms with E-state index in [9.17, 15) is 22.8 Å². The summed E-state index contributed by atoms with van der Waals surface area (Å²) >= 11 is 0. The van der Waals surface area contributed by atoms with Crippen molar-refractivity contribution in [1.82, 2.24) is 10.6 Å². The van der Waals surface area contributed by atoms with Crippen molar-refractivity contribution >= 4 is 29.4 Å². The Kier molecular flexibility index (Phi) is 8.82. The Labute approximate surface area is 218 Å². The van der Waals surface area contributed by atoms with Crippen molar-refractivity contribution in [3.8, 4) is 5.75 Å². The molecule has 2 aromatic carbocycles. The van der Waals surface area contributed by atoms with Crippen LogP contribution in [0.2, 0.25) is 0 Å². The van der Waals surface area contributed by atoms with E-state index in [0.717, 1.165) is 17.8 Å². The first-order valence-electron chi connectivity index (χ1n) is 11.9. The van der Waals surface area contributed by atoms with Gasteiger partial charge in [0.2, 0.25) is 5.91 Å². The summed E-state index contributed by atoms with van der Waals surface area (Å²) in [6.07, 6.45) is -0.277. The van der Waals surface area contributed by atoms with Gasteiger partial charge < -0.3 is 26.4 Å². The fourth-order valence-electron chi connectivity index (χ4n) is 3.56. The topological polar surface area (TPSA) is 118 Å². The van der Waals surface area contributed by atoms with Crippen molar-refractivity contribution in [3.63, 3.8) is 0 Å². The van der Waals surface area contributed by atoms with Gasteiger partial charge in [-0.3, -0.25) is 14.6 Å². The van der Waals surface area contributed by atoms with Gasteiger partial charge in [0.25, 0.3) is 5.91 Å². The minimum absolute atomic E-state index is 0.0998. The van der Waals surface area contributed by atoms with E-state index < -0.39 is 23.2 Å². The van der Waals surface area contributed by atoms with Crippen LogP contribution in [0.25, 0.3) is 0 Å². The van der Waals surface area contributed by atoms with Gasteiger partial charge in [-0.15, -0.1) is 0 Å². The maximum atomic E-state index is 13.6. The molecule has 5 N–H and O–H groups in total. The maximum Gasteiger partial charge on any atom is 0.418 e. The maximum absolute atomic E-state index is 13.6. The van der Waals surface area contributed by atoms with Crippen LogP contribution in [0, 0.1) is 0 Å². The molecule has 0 aliphatic heterocycles. The molecule has 0 saturated heterocycles. The van der Waals surface area contributed by atoms with E-state index in [0.29, 0.717) is 18.5 Å². The third-order valence-electron chi connectivity index (χ3n) is 5.65. The van der Waals surface area contributed by atoms with E-state index in [1.54, 1.807) is 38.1 Å². The molecular formula is C27H30F3N5O3. The number of benzene rings is 2. The highest BCUT2D eigenvalue weighted by Gasteiger charge is 2.51. The predicted octanol–water partition coefficient (Wildman–Crippen LogP) is 4.56. The van der Waals surface area contributed by atoms with Crippen LogP contribution in [0.1, 0.15) is 37.8 Å². The van der Waals surface area contributed by atoms with Crippen LogP contribution in [0.3, 0.4) is 0 Å². The number of nitrogens with one attached hydrogen (secondary N) is 3. The molecular weight excluding hydrogens is 499 g/mol. The number of carbonyl (C=O) groups excluding carboxylic acids is 2. The van der Waals surface area contributed by atoms with Crippen molar-refractivity contribution in [2.75, 3.05) is 5.32 Å². The van der Waals surface area contributed by atoms with Crippen molar-refractivity contribution in [2.24, 2.45) is 10.7 Å². The zero-order chi connectivity index (χ0) is 27.9. The smallest absolute Gasteiger partial charge is 0.418 e. The van der Waals surface area contributed by atoms with Crippen LogP contribution in [0.4, 0.5) is 24.5 Å². The van der Waals surface area contributed by atoms with Crippen molar-refractivity contribution in [1.29, 1.82) is 0 Å². The molecule has 0 heterocycles. The van der Waals surface area contributed by atoms with Crippen LogP contribution >= 0.6 is 0 Å². The van der Waals surface area contributed by atoms with Crippen molar-refractivity contribution in [2.45, 2.75) is 51.1 Å². The molecule has 2 aromatic rings. The number of hydrogen-bond acceptors (Lipinski definition) is 6. The second-order valence-corrected chi connectivity index (χ2v) is 9.00. The lowest BCUT2D eigenvalue weighted by atomic mass is 10.1. The number of amides is 2. The lowest BCUT2D eigenvalue weighted by Gasteiger charge is -2.18. The van der Waals surface area contributed by atoms with Crippen molar-refractivity contribution < 1.29 is 27.5 Å². The van der Waals surface area contributed by atoms with Crippen molar-refractivity contribution in [3.05, 3.63) is 78.1 Å². The summed E-state index contributed by atoms with van der Waals surface area (Å²) in [4.78, 5) is 28.9. The Morgan fingerprint density at radius 1 is 1.18 bits per heavy atom. The minimum Gasteiger partial charge on any atom is -0.491 e. The number of alkyl halides is 3. The lowest BCUT2D eigenvalue weighted by molar-refractivity contribution is -0.137. The average Bonchev–Trinajstić information content (AvgIpc) is 3.64. The molecule has 0 aromatic heterocycles. The standard InChI is InChI=1S/C27H30F3N5O3/c1-4-32-16-19(14-31)24(36)35-26(11-12-26)25(37)33-15-18-5-7-20(8-6-18)34-23-10-9-21(38-17(2)3)13-22(23)27(28,29)30/h4-10,13-14,16-17,34H,1,11-12,15,31H2,2-3H3,(H,33,37)(H,35,36)/b19-14+,32-16-. The number of hydrogen-bond donors (Lipinski definition) is 4. The SMILES string of the molecule is C=C/N=C\C(=C/N)C(=O)NC1(C(=O)NCc2ccc(Nc3ccc(OC(C)C)cc3C(F)(F)F)cc2)CC1. The summed E-state index contributed by atoms with van der Waals surface area (Å²) in [6, 6.07) is 10.4. The molecule has 3 rings (SSSR count). The van der Waals surface area contributed by atoms with E-state index in [1.165, 1.54) is 24.5 Å². The molecule has 11 heteroatoms. The molecule has 1 fully saturated rings. The number of halogens is 3. The Morgan fingerprint density at radius 2 is 1.87 bits per heavy atom. The average molecular weight is 530 g/mol. The third kappa shape index (κ3) is 7.37. The molecule has 1 aliphatic carbocycles. The van der Waals surface area contributed by atoms with E-state index in [2.05, 4.69) is 27.5 Å². The first kappa shape index (κ1) is 28.3. The fraction of sp³-hybridized carbons (Fsp3) is 0.296. The molecule has 0 unspecified atom stereocenters. The summed E-state index contributed by atoms with van der Waals surface area (Å²) < 4.78 is 46.3. The largest absolute Gasteiger partial charge is 0.491 e. The van der Waals surface area contributed by atoms with Crippen LogP contribution in [-0.2, 0) is 22.3 Å². The van der Waals surface area contributed by atoms with Gasteiger partial charge in [-0.25, -0.2) is 0 Å². The van der Waals surface area contributed by atoms with Crippen LogP contribution in [-0.4, -0.2) is 29.7 Å². The minimum atomic E-state index is -4.57. The van der Waals surface area contributed by atoms with Gasteiger partial charge in [0.1, 0.15) is 11.3 Å². The molecule has 0 radical (unpaired) electrons. The number of nitrogens with zero attached hydrogens (tertiary/aromatic N) is 1. The fourth-order valence-corrected chi connectivity index (χ4v) is 3.56. The molecule has 38 heavy (non-hydrogen) atoms. The first-order chi connectivity index (χ1) is 18.0. The molecule has 202 valence electrons. The number of carbonyl (C=O) groups is 2. The van der Waals surface area contributed by atoms with Gasteiger partial charge in [0.05, 0.1) is 22.9 Å². The Bertz CT molecular complexity index is 1230. The van der Waals surface area contributed by atoms with E-state index >= 15 is 0 Å². The first-order valence-corrected chi connectivity index (χ1v) is 11.9. The summed E-state index contributed by atoms with van der Waals surface area (Å²) in [7, 11) is 0. The molecule has 0 bridgehead atoms. The highest BCUT2D eigenvalue weighted by Crippen LogP contribution is 2.39. The quantitative estimate of drug-likeness (QED) is 0.252. The number of aliphatic imine (C=N–C) groups is 1. The monoisotopic (exact) mass is 529 g/mol. The van der Waals surface area contributed by atoms with Gasteiger partial charge in [0, 0.05) is 30.8 Å². The lowest BCUT2D eigenvalue weighted by Crippen LogP contribution is -2.49. The van der Waals surface area contributed by atoms with Crippen LogP contribution in [0.15, 0.2) is 72.0 Å². The van der Waals surface area contributed by atoms with E-state index in [1.807, 2.05) is 0 Å². The van der Waals surface area contributed by atoms with Gasteiger partial charge in [-0.05, 0) is 62.6 Å². The van der Waals surface area contributed by atoms with Gasteiger partial charge in [0.15, 0.2) is 0 Å². The second-order valence-electron chi connectivity index (χ2n) is 9.00.